The number of aromatic hydroxyl groups is 1. The first kappa shape index (κ1) is 15.9. The summed E-state index contributed by atoms with van der Waals surface area (Å²) in [6.45, 7) is 0. The van der Waals surface area contributed by atoms with Gasteiger partial charge in [-0.25, -0.2) is 0 Å². The molecule has 0 bridgehead atoms. The molecular formula is C17H15ClO4. The molecular weight excluding hydrogens is 304 g/mol. The lowest BCUT2D eigenvalue weighted by Gasteiger charge is -2.10. The predicted molar refractivity (Wildman–Crippen MR) is 86.0 cm³/mol. The van der Waals surface area contributed by atoms with Crippen molar-refractivity contribution in [1.29, 1.82) is 0 Å². The number of ketones is 1. The Labute approximate surface area is 133 Å². The molecule has 2 aromatic rings. The number of phenols is 1. The second kappa shape index (κ2) is 7.00. The summed E-state index contributed by atoms with van der Waals surface area (Å²) in [5, 5.41) is 10.6. The zero-order chi connectivity index (χ0) is 16.1. The SMILES string of the molecule is COc1cc(O)c(C(=O)/C=C\c2ccccc2Cl)c(OC)c1. The Balaban J connectivity index is 2.36. The van der Waals surface area contributed by atoms with Crippen LogP contribution in [0.2, 0.25) is 5.02 Å². The normalized spacial score (nSPS) is 10.7. The Morgan fingerprint density at radius 2 is 1.91 bits per heavy atom. The summed E-state index contributed by atoms with van der Waals surface area (Å²) in [5.41, 5.74) is 0.788. The first-order chi connectivity index (χ1) is 10.6. The molecule has 4 nitrogen and oxygen atoms in total. The average molecular weight is 319 g/mol. The number of methoxy groups -OCH3 is 2. The second-order valence-electron chi connectivity index (χ2n) is 4.44. The third kappa shape index (κ3) is 3.40. The highest BCUT2D eigenvalue weighted by Gasteiger charge is 2.17. The van der Waals surface area contributed by atoms with Crippen LogP contribution in [0, 0.1) is 0 Å². The molecule has 0 aliphatic rings. The van der Waals surface area contributed by atoms with Gasteiger partial charge in [-0.1, -0.05) is 29.8 Å². The van der Waals surface area contributed by atoms with Gasteiger partial charge in [-0.15, -0.1) is 0 Å². The van der Waals surface area contributed by atoms with Crippen molar-refractivity contribution in [2.75, 3.05) is 14.2 Å². The van der Waals surface area contributed by atoms with Gasteiger partial charge in [-0.3, -0.25) is 4.79 Å². The molecule has 0 fully saturated rings. The van der Waals surface area contributed by atoms with Gasteiger partial charge >= 0.3 is 0 Å². The molecule has 0 aliphatic carbocycles. The number of ether oxygens (including phenoxy) is 2. The van der Waals surface area contributed by atoms with Crippen molar-refractivity contribution >= 4 is 23.5 Å². The Bertz CT molecular complexity index is 723. The van der Waals surface area contributed by atoms with Crippen LogP contribution >= 0.6 is 11.6 Å². The second-order valence-corrected chi connectivity index (χ2v) is 4.85. The van der Waals surface area contributed by atoms with Gasteiger partial charge in [0.1, 0.15) is 22.8 Å². The van der Waals surface area contributed by atoms with Crippen molar-refractivity contribution in [3.63, 3.8) is 0 Å². The summed E-state index contributed by atoms with van der Waals surface area (Å²) < 4.78 is 10.2. The number of phenolic OH excluding ortho intramolecular Hbond substituents is 1. The Morgan fingerprint density at radius 3 is 2.55 bits per heavy atom. The molecule has 2 rings (SSSR count). The van der Waals surface area contributed by atoms with E-state index >= 15 is 0 Å². The maximum atomic E-state index is 12.3. The van der Waals surface area contributed by atoms with E-state index in [1.54, 1.807) is 24.3 Å². The van der Waals surface area contributed by atoms with Crippen LogP contribution in [0.3, 0.4) is 0 Å². The van der Waals surface area contributed by atoms with Gasteiger partial charge in [-0.05, 0) is 23.8 Å². The molecule has 0 heterocycles. The fourth-order valence-corrected chi connectivity index (χ4v) is 2.16. The molecule has 114 valence electrons. The molecule has 0 aromatic heterocycles. The lowest BCUT2D eigenvalue weighted by atomic mass is 10.1. The van der Waals surface area contributed by atoms with Crippen molar-refractivity contribution in [2.24, 2.45) is 0 Å². The molecule has 0 aliphatic heterocycles. The molecule has 0 radical (unpaired) electrons. The van der Waals surface area contributed by atoms with Crippen LogP contribution in [0.1, 0.15) is 15.9 Å². The van der Waals surface area contributed by atoms with Crippen molar-refractivity contribution in [3.8, 4) is 17.2 Å². The first-order valence-corrected chi connectivity index (χ1v) is 6.86. The maximum absolute atomic E-state index is 12.3. The highest BCUT2D eigenvalue weighted by atomic mass is 35.5. The highest BCUT2D eigenvalue weighted by molar-refractivity contribution is 6.32. The quantitative estimate of drug-likeness (QED) is 0.669. The molecule has 0 atom stereocenters. The number of halogens is 1. The number of rotatable bonds is 5. The van der Waals surface area contributed by atoms with E-state index in [2.05, 4.69) is 0 Å². The number of carbonyl (C=O) groups excluding carboxylic acids is 1. The van der Waals surface area contributed by atoms with Crippen molar-refractivity contribution < 1.29 is 19.4 Å². The zero-order valence-corrected chi connectivity index (χ0v) is 12.9. The Kier molecular flexibility index (Phi) is 5.07. The van der Waals surface area contributed by atoms with Gasteiger partial charge in [0.25, 0.3) is 0 Å². The van der Waals surface area contributed by atoms with Crippen LogP contribution in [-0.4, -0.2) is 25.1 Å². The van der Waals surface area contributed by atoms with Crippen molar-refractivity contribution in [3.05, 3.63) is 58.6 Å². The summed E-state index contributed by atoms with van der Waals surface area (Å²) in [7, 11) is 2.88. The minimum atomic E-state index is -0.392. The van der Waals surface area contributed by atoms with Gasteiger partial charge in [0.05, 0.1) is 14.2 Å². The number of hydrogen-bond acceptors (Lipinski definition) is 4. The van der Waals surface area contributed by atoms with E-state index in [1.807, 2.05) is 6.07 Å². The minimum Gasteiger partial charge on any atom is -0.507 e. The topological polar surface area (TPSA) is 55.8 Å². The van der Waals surface area contributed by atoms with Gasteiger partial charge in [0, 0.05) is 17.2 Å². The third-order valence-corrected chi connectivity index (χ3v) is 3.42. The van der Waals surface area contributed by atoms with Gasteiger partial charge in [0.15, 0.2) is 5.78 Å². The number of benzene rings is 2. The van der Waals surface area contributed by atoms with E-state index in [0.29, 0.717) is 16.3 Å². The van der Waals surface area contributed by atoms with Gasteiger partial charge < -0.3 is 14.6 Å². The average Bonchev–Trinajstić information content (AvgIpc) is 2.52. The largest absolute Gasteiger partial charge is 0.507 e. The molecule has 0 saturated heterocycles. The molecule has 0 amide bonds. The zero-order valence-electron chi connectivity index (χ0n) is 12.2. The van der Waals surface area contributed by atoms with E-state index in [4.69, 9.17) is 21.1 Å². The van der Waals surface area contributed by atoms with E-state index in [0.717, 1.165) is 0 Å². The number of carbonyl (C=O) groups is 1. The van der Waals surface area contributed by atoms with Crippen LogP contribution in [0.25, 0.3) is 6.08 Å². The summed E-state index contributed by atoms with van der Waals surface area (Å²) >= 11 is 6.03. The summed E-state index contributed by atoms with van der Waals surface area (Å²) in [6, 6.07) is 10.0. The summed E-state index contributed by atoms with van der Waals surface area (Å²) in [4.78, 5) is 12.3. The molecule has 2 aromatic carbocycles. The Hall–Kier alpha value is -2.46. The van der Waals surface area contributed by atoms with Gasteiger partial charge in [-0.2, -0.15) is 0 Å². The maximum Gasteiger partial charge on any atom is 0.193 e. The summed E-state index contributed by atoms with van der Waals surface area (Å²) in [6.07, 6.45) is 2.93. The van der Waals surface area contributed by atoms with Crippen LogP contribution in [0.4, 0.5) is 0 Å². The highest BCUT2D eigenvalue weighted by Crippen LogP contribution is 2.34. The van der Waals surface area contributed by atoms with E-state index in [1.165, 1.54) is 32.4 Å². The monoisotopic (exact) mass is 318 g/mol. The summed E-state index contributed by atoms with van der Waals surface area (Å²) in [5.74, 6) is 0.0496. The number of hydrogen-bond donors (Lipinski definition) is 1. The lowest BCUT2D eigenvalue weighted by molar-refractivity contribution is 0.104. The van der Waals surface area contributed by atoms with E-state index in [9.17, 15) is 9.90 Å². The molecule has 0 saturated carbocycles. The molecule has 1 N–H and O–H groups in total. The van der Waals surface area contributed by atoms with Crippen LogP contribution in [0.5, 0.6) is 17.2 Å². The van der Waals surface area contributed by atoms with Crippen molar-refractivity contribution in [1.82, 2.24) is 0 Å². The minimum absolute atomic E-state index is 0.0756. The van der Waals surface area contributed by atoms with Gasteiger partial charge in [0.2, 0.25) is 0 Å². The fourth-order valence-electron chi connectivity index (χ4n) is 1.96. The Morgan fingerprint density at radius 1 is 1.18 bits per heavy atom. The molecule has 5 heteroatoms. The molecule has 22 heavy (non-hydrogen) atoms. The standard InChI is InChI=1S/C17H15ClO4/c1-21-12-9-15(20)17(16(10-12)22-2)14(19)8-7-11-5-3-4-6-13(11)18/h3-10,20H,1-2H3/b8-7-. The first-order valence-electron chi connectivity index (χ1n) is 6.48. The van der Waals surface area contributed by atoms with Crippen LogP contribution in [0.15, 0.2) is 42.5 Å². The molecule has 0 spiro atoms. The van der Waals surface area contributed by atoms with Crippen LogP contribution in [-0.2, 0) is 0 Å². The fraction of sp³-hybridized carbons (Fsp3) is 0.118. The van der Waals surface area contributed by atoms with E-state index in [-0.39, 0.29) is 17.1 Å². The smallest absolute Gasteiger partial charge is 0.193 e. The lowest BCUT2D eigenvalue weighted by Crippen LogP contribution is -2.00. The van der Waals surface area contributed by atoms with Crippen LogP contribution < -0.4 is 9.47 Å². The van der Waals surface area contributed by atoms with E-state index < -0.39 is 5.78 Å². The number of allylic oxidation sites excluding steroid dienone is 1. The third-order valence-electron chi connectivity index (χ3n) is 3.08. The predicted octanol–water partition coefficient (Wildman–Crippen LogP) is 3.96. The van der Waals surface area contributed by atoms with Crippen molar-refractivity contribution in [2.45, 2.75) is 0 Å². The molecule has 0 unspecified atom stereocenters.